The summed E-state index contributed by atoms with van der Waals surface area (Å²) in [5, 5.41) is 11.6. The van der Waals surface area contributed by atoms with Crippen LogP contribution in [-0.4, -0.2) is 11.0 Å². The van der Waals surface area contributed by atoms with Crippen LogP contribution in [0.15, 0.2) is 58.2 Å². The number of rotatable bonds is 4. The molecule has 0 aliphatic carbocycles. The summed E-state index contributed by atoms with van der Waals surface area (Å²) < 4.78 is 6.61. The molecule has 2 aromatic rings. The van der Waals surface area contributed by atoms with Crippen molar-refractivity contribution in [3.8, 4) is 5.75 Å². The molecule has 3 N–H and O–H groups in total. The number of nitrogens with two attached hydrogens (primary N) is 1. The molecule has 0 spiro atoms. The van der Waals surface area contributed by atoms with Crippen LogP contribution in [0, 0.1) is 0 Å². The van der Waals surface area contributed by atoms with Gasteiger partial charge in [-0.1, -0.05) is 35.5 Å². The van der Waals surface area contributed by atoms with E-state index in [9.17, 15) is 0 Å². The number of oxime groups is 1. The summed E-state index contributed by atoms with van der Waals surface area (Å²) in [6, 6.07) is 15.0. The van der Waals surface area contributed by atoms with E-state index in [1.807, 2.05) is 42.5 Å². The second-order valence-electron chi connectivity index (χ2n) is 3.90. The summed E-state index contributed by atoms with van der Waals surface area (Å²) in [4.78, 5) is 0. The topological polar surface area (TPSA) is 67.8 Å². The van der Waals surface area contributed by atoms with Crippen molar-refractivity contribution in [2.24, 2.45) is 10.9 Å². The lowest BCUT2D eigenvalue weighted by Gasteiger charge is -2.09. The van der Waals surface area contributed by atoms with Gasteiger partial charge >= 0.3 is 0 Å². The maximum atomic E-state index is 8.65. The first-order valence-corrected chi connectivity index (χ1v) is 6.44. The van der Waals surface area contributed by atoms with Crippen LogP contribution in [0.5, 0.6) is 5.75 Å². The number of benzene rings is 2. The van der Waals surface area contributed by atoms with Gasteiger partial charge in [0, 0.05) is 5.56 Å². The molecule has 0 saturated heterocycles. The van der Waals surface area contributed by atoms with E-state index in [1.165, 1.54) is 0 Å². The van der Waals surface area contributed by atoms with Crippen molar-refractivity contribution < 1.29 is 9.94 Å². The minimum absolute atomic E-state index is 0.0859. The fourth-order valence-electron chi connectivity index (χ4n) is 1.60. The van der Waals surface area contributed by atoms with Crippen molar-refractivity contribution in [3.63, 3.8) is 0 Å². The van der Waals surface area contributed by atoms with Crippen LogP contribution in [0.4, 0.5) is 0 Å². The van der Waals surface area contributed by atoms with Crippen LogP contribution in [-0.2, 0) is 6.61 Å². The van der Waals surface area contributed by atoms with Crippen molar-refractivity contribution in [1.29, 1.82) is 0 Å². The average molecular weight is 321 g/mol. The zero-order valence-electron chi connectivity index (χ0n) is 10.1. The Morgan fingerprint density at radius 2 is 2.00 bits per heavy atom. The highest BCUT2D eigenvalue weighted by atomic mass is 79.9. The Morgan fingerprint density at radius 3 is 2.74 bits per heavy atom. The third kappa shape index (κ3) is 3.48. The van der Waals surface area contributed by atoms with Gasteiger partial charge < -0.3 is 15.7 Å². The summed E-state index contributed by atoms with van der Waals surface area (Å²) >= 11 is 3.42. The molecule has 0 saturated carbocycles. The lowest BCUT2D eigenvalue weighted by Crippen LogP contribution is -2.13. The van der Waals surface area contributed by atoms with Gasteiger partial charge in [-0.05, 0) is 39.7 Å². The molecule has 0 aliphatic rings. The van der Waals surface area contributed by atoms with Crippen molar-refractivity contribution in [3.05, 3.63) is 64.1 Å². The molecule has 0 atom stereocenters. The molecule has 0 aliphatic heterocycles. The molecule has 0 amide bonds. The molecule has 4 nitrogen and oxygen atoms in total. The maximum absolute atomic E-state index is 8.65. The van der Waals surface area contributed by atoms with Crippen LogP contribution < -0.4 is 10.5 Å². The Kier molecular flexibility index (Phi) is 4.41. The summed E-state index contributed by atoms with van der Waals surface area (Å²) in [5.74, 6) is 0.861. The lowest BCUT2D eigenvalue weighted by atomic mass is 10.1. The highest BCUT2D eigenvalue weighted by molar-refractivity contribution is 9.10. The van der Waals surface area contributed by atoms with E-state index < -0.39 is 0 Å². The standard InChI is InChI=1S/C14H13BrN2O2/c15-12-6-1-2-7-13(12)19-9-10-4-3-5-11(8-10)14(16)17-18/h1-8,18H,9H2,(H2,16,17). The van der Waals surface area contributed by atoms with E-state index in [2.05, 4.69) is 21.1 Å². The zero-order chi connectivity index (χ0) is 13.7. The highest BCUT2D eigenvalue weighted by Gasteiger charge is 2.03. The summed E-state index contributed by atoms with van der Waals surface area (Å²) in [7, 11) is 0. The first-order valence-electron chi connectivity index (χ1n) is 5.65. The van der Waals surface area contributed by atoms with E-state index in [4.69, 9.17) is 15.7 Å². The predicted molar refractivity (Wildman–Crippen MR) is 77.4 cm³/mol. The van der Waals surface area contributed by atoms with Gasteiger partial charge in [0.2, 0.25) is 0 Å². The molecule has 19 heavy (non-hydrogen) atoms. The number of hydrogen-bond acceptors (Lipinski definition) is 3. The summed E-state index contributed by atoms with van der Waals surface area (Å²) in [5.41, 5.74) is 7.15. The second kappa shape index (κ2) is 6.24. The molecule has 0 fully saturated rings. The zero-order valence-corrected chi connectivity index (χ0v) is 11.7. The first kappa shape index (κ1) is 13.4. The van der Waals surface area contributed by atoms with Crippen LogP contribution >= 0.6 is 15.9 Å². The van der Waals surface area contributed by atoms with Crippen molar-refractivity contribution in [2.75, 3.05) is 0 Å². The van der Waals surface area contributed by atoms with E-state index >= 15 is 0 Å². The first-order chi connectivity index (χ1) is 9.20. The van der Waals surface area contributed by atoms with Gasteiger partial charge in [-0.15, -0.1) is 0 Å². The van der Waals surface area contributed by atoms with Crippen molar-refractivity contribution in [1.82, 2.24) is 0 Å². The number of amidine groups is 1. The Bertz CT molecular complexity index is 600. The quantitative estimate of drug-likeness (QED) is 0.393. The molecular formula is C14H13BrN2O2. The number of hydrogen-bond donors (Lipinski definition) is 2. The van der Waals surface area contributed by atoms with Crippen LogP contribution in [0.3, 0.4) is 0 Å². The van der Waals surface area contributed by atoms with Crippen LogP contribution in [0.1, 0.15) is 11.1 Å². The number of halogens is 1. The maximum Gasteiger partial charge on any atom is 0.170 e. The van der Waals surface area contributed by atoms with Gasteiger partial charge in [0.25, 0.3) is 0 Å². The molecule has 0 aromatic heterocycles. The Morgan fingerprint density at radius 1 is 1.21 bits per heavy atom. The minimum atomic E-state index is 0.0859. The lowest BCUT2D eigenvalue weighted by molar-refractivity contribution is 0.304. The number of para-hydroxylation sites is 1. The number of nitrogens with zero attached hydrogens (tertiary/aromatic N) is 1. The van der Waals surface area contributed by atoms with Crippen LogP contribution in [0.2, 0.25) is 0 Å². The van der Waals surface area contributed by atoms with Gasteiger partial charge in [-0.25, -0.2) is 0 Å². The third-order valence-electron chi connectivity index (χ3n) is 2.56. The Balaban J connectivity index is 2.10. The van der Waals surface area contributed by atoms with E-state index in [-0.39, 0.29) is 5.84 Å². The SMILES string of the molecule is N/C(=N\O)c1cccc(COc2ccccc2Br)c1. The van der Waals surface area contributed by atoms with Gasteiger partial charge in [-0.2, -0.15) is 0 Å². The van der Waals surface area contributed by atoms with Gasteiger partial charge in [0.1, 0.15) is 12.4 Å². The largest absolute Gasteiger partial charge is 0.488 e. The van der Waals surface area contributed by atoms with Crippen LogP contribution in [0.25, 0.3) is 0 Å². The molecule has 5 heteroatoms. The van der Waals surface area contributed by atoms with E-state index in [0.29, 0.717) is 12.2 Å². The van der Waals surface area contributed by atoms with Crippen molar-refractivity contribution in [2.45, 2.75) is 6.61 Å². The third-order valence-corrected chi connectivity index (χ3v) is 3.22. The normalized spacial score (nSPS) is 11.3. The molecular weight excluding hydrogens is 308 g/mol. The molecule has 2 rings (SSSR count). The fraction of sp³-hybridized carbons (Fsp3) is 0.0714. The molecule has 98 valence electrons. The van der Waals surface area contributed by atoms with Gasteiger partial charge in [-0.3, -0.25) is 0 Å². The Hall–Kier alpha value is -2.01. The Labute approximate surface area is 119 Å². The molecule has 0 unspecified atom stereocenters. The molecule has 0 radical (unpaired) electrons. The fourth-order valence-corrected chi connectivity index (χ4v) is 2.00. The molecule has 2 aromatic carbocycles. The summed E-state index contributed by atoms with van der Waals surface area (Å²) in [6.07, 6.45) is 0. The predicted octanol–water partition coefficient (Wildman–Crippen LogP) is 3.12. The highest BCUT2D eigenvalue weighted by Crippen LogP contribution is 2.24. The smallest absolute Gasteiger partial charge is 0.170 e. The average Bonchev–Trinajstić information content (AvgIpc) is 2.46. The molecule has 0 bridgehead atoms. The minimum Gasteiger partial charge on any atom is -0.488 e. The van der Waals surface area contributed by atoms with Gasteiger partial charge in [0.05, 0.1) is 4.47 Å². The van der Waals surface area contributed by atoms with Gasteiger partial charge in [0.15, 0.2) is 5.84 Å². The second-order valence-corrected chi connectivity index (χ2v) is 4.76. The van der Waals surface area contributed by atoms with Crippen molar-refractivity contribution >= 4 is 21.8 Å². The number of ether oxygens (including phenoxy) is 1. The van der Waals surface area contributed by atoms with E-state index in [0.717, 1.165) is 15.8 Å². The van der Waals surface area contributed by atoms with E-state index in [1.54, 1.807) is 6.07 Å². The molecule has 0 heterocycles. The monoisotopic (exact) mass is 320 g/mol. The summed E-state index contributed by atoms with van der Waals surface area (Å²) in [6.45, 7) is 0.412.